The number of Topliss-reactive ketones (excluding diaryl/α,β-unsaturated/α-hetero) is 1. The van der Waals surface area contributed by atoms with Gasteiger partial charge >= 0.3 is 23.9 Å². The number of halogens is 7. The zero-order chi connectivity index (χ0) is 50.4. The summed E-state index contributed by atoms with van der Waals surface area (Å²) >= 11 is 0. The minimum atomic E-state index is -0.981. The zero-order valence-electron chi connectivity index (χ0n) is 37.7. The molecule has 5 N–H and O–H groups in total. The van der Waals surface area contributed by atoms with Crippen molar-refractivity contribution in [2.45, 2.75) is 40.0 Å². The Labute approximate surface area is 392 Å². The van der Waals surface area contributed by atoms with Crippen molar-refractivity contribution in [1.29, 1.82) is 0 Å². The largest absolute Gasteiger partial charge is 1.00 e. The second kappa shape index (κ2) is 32.5. The fourth-order valence-electron chi connectivity index (χ4n) is 5.65. The van der Waals surface area contributed by atoms with Gasteiger partial charge in [-0.05, 0) is 128 Å². The summed E-state index contributed by atoms with van der Waals surface area (Å²) in [5, 5.41) is 8.72. The lowest BCUT2D eigenvalue weighted by molar-refractivity contribution is -0.0000878. The van der Waals surface area contributed by atoms with E-state index in [1.54, 1.807) is 100 Å². The molecule has 0 aliphatic carbocycles. The number of carbonyl (C=O) groups is 5. The lowest BCUT2D eigenvalue weighted by atomic mass is 10.1. The Kier molecular flexibility index (Phi) is 27.7. The first-order chi connectivity index (χ1) is 32.8. The molecule has 0 fully saturated rings. The van der Waals surface area contributed by atoms with E-state index in [0.717, 1.165) is 27.8 Å². The van der Waals surface area contributed by atoms with Gasteiger partial charge in [-0.1, -0.05) is 36.4 Å². The SMILES string of the molecule is CCOC(=O)c1cc(C(=O)Cc2ccc(F)cc2)c[nH]1.CCOC(=O)c1cc(Cc2ccc(F)cc2)c[nH]1.CCOC(=O)c1ccc[nH]1.CF.FF.O=C(O)c1cc(Cc2ccc(F)cc2)c[nH]1.[F-]. The van der Waals surface area contributed by atoms with Crippen LogP contribution in [0.25, 0.3) is 0 Å². The van der Waals surface area contributed by atoms with Gasteiger partial charge in [0.25, 0.3) is 0 Å². The van der Waals surface area contributed by atoms with Crippen molar-refractivity contribution in [3.63, 3.8) is 0 Å². The van der Waals surface area contributed by atoms with Crippen LogP contribution in [0.5, 0.6) is 0 Å². The maximum Gasteiger partial charge on any atom is 0.354 e. The van der Waals surface area contributed by atoms with Crippen molar-refractivity contribution in [3.05, 3.63) is 202 Å². The third-order valence-corrected chi connectivity index (χ3v) is 8.73. The highest BCUT2D eigenvalue weighted by Gasteiger charge is 2.15. The average Bonchev–Trinajstić information content (AvgIpc) is 4.20. The molecule has 4 aromatic heterocycles. The second-order valence-corrected chi connectivity index (χ2v) is 13.5. The minimum absolute atomic E-state index is 0. The van der Waals surface area contributed by atoms with Crippen LogP contribution in [0.1, 0.15) is 101 Å². The van der Waals surface area contributed by atoms with Crippen LogP contribution in [0.2, 0.25) is 0 Å². The molecule has 4 heterocycles. The molecule has 0 bridgehead atoms. The monoisotopic (exact) mass is 971 g/mol. The highest BCUT2D eigenvalue weighted by Crippen LogP contribution is 2.15. The van der Waals surface area contributed by atoms with E-state index in [9.17, 15) is 41.5 Å². The fourth-order valence-corrected chi connectivity index (χ4v) is 5.65. The van der Waals surface area contributed by atoms with Crippen LogP contribution < -0.4 is 4.70 Å². The molecule has 0 aliphatic rings. The number of carbonyl (C=O) groups excluding carboxylic acids is 4. The molecule has 0 spiro atoms. The standard InChI is InChI=1S/C15H14FNO3.C14H14FNO2.C12H10FNO2.C7H9NO2.CH3F.F2.FH/c1-2-20-15(19)13-8-11(9-17-13)14(18)7-10-3-5-12(16)6-4-10;1-2-18-14(17)13-8-11(9-16-13)7-10-3-5-12(15)6-4-10;13-10-3-1-8(2-4-10)5-9-6-11(12(15)16)14-7-9;1-2-10-7(9)6-4-3-5-8-6;2*1-2;/h3-6,8-9,17H,2,7H2,1H3;3-6,8-9,16H,2,7H2,1H3;1-4,6-7,14H,5H2,(H,15,16);3-5,8H,2H2,1H3;1H3;;1H/p-1. The van der Waals surface area contributed by atoms with Crippen molar-refractivity contribution < 1.29 is 74.7 Å². The number of ether oxygens (including phenoxy) is 3. The van der Waals surface area contributed by atoms with E-state index < -0.39 is 11.9 Å². The summed E-state index contributed by atoms with van der Waals surface area (Å²) in [5.41, 5.74) is 6.23. The average molecular weight is 972 g/mol. The quantitative estimate of drug-likeness (QED) is 0.0314. The number of alkyl halides is 1. The van der Waals surface area contributed by atoms with Crippen LogP contribution in [-0.4, -0.2) is 81.7 Å². The van der Waals surface area contributed by atoms with Gasteiger partial charge in [-0.15, -0.1) is 0 Å². The molecule has 0 saturated heterocycles. The summed E-state index contributed by atoms with van der Waals surface area (Å²) in [5.74, 6) is -3.14. The first-order valence-corrected chi connectivity index (χ1v) is 20.5. The van der Waals surface area contributed by atoms with Crippen molar-refractivity contribution in [2.75, 3.05) is 27.0 Å². The Hall–Kier alpha value is -8.16. The first kappa shape index (κ1) is 58.9. The van der Waals surface area contributed by atoms with Gasteiger partial charge < -0.3 is 44.0 Å². The first-order valence-electron chi connectivity index (χ1n) is 20.5. The van der Waals surface area contributed by atoms with Crippen LogP contribution >= 0.6 is 0 Å². The number of carboxylic acids is 1. The second-order valence-electron chi connectivity index (χ2n) is 13.5. The Morgan fingerprint density at radius 3 is 1.26 bits per heavy atom. The van der Waals surface area contributed by atoms with Crippen LogP contribution in [0.3, 0.4) is 0 Å². The third kappa shape index (κ3) is 21.3. The highest BCUT2D eigenvalue weighted by atomic mass is 20.0. The van der Waals surface area contributed by atoms with E-state index in [-0.39, 0.29) is 64.3 Å². The molecule has 0 amide bonds. The molecule has 0 saturated carbocycles. The third-order valence-electron chi connectivity index (χ3n) is 8.73. The molecule has 0 aliphatic heterocycles. The predicted molar refractivity (Wildman–Crippen MR) is 240 cm³/mol. The number of hydrogen-bond donors (Lipinski definition) is 5. The van der Waals surface area contributed by atoms with Crippen molar-refractivity contribution >= 4 is 29.7 Å². The van der Waals surface area contributed by atoms with Crippen molar-refractivity contribution in [2.24, 2.45) is 0 Å². The predicted octanol–water partition coefficient (Wildman–Crippen LogP) is 7.74. The van der Waals surface area contributed by atoms with Crippen LogP contribution in [0, 0.1) is 17.5 Å². The summed E-state index contributed by atoms with van der Waals surface area (Å²) in [4.78, 5) is 67.4. The molecule has 13 nitrogen and oxygen atoms in total. The topological polar surface area (TPSA) is 196 Å². The Morgan fingerprint density at radius 2 is 0.870 bits per heavy atom. The number of rotatable bonds is 14. The summed E-state index contributed by atoms with van der Waals surface area (Å²) in [6.07, 6.45) is 7.95. The van der Waals surface area contributed by atoms with Gasteiger partial charge in [-0.3, -0.25) is 9.18 Å². The molecule has 7 aromatic rings. The number of aromatic amines is 4. The molecule has 0 atom stereocenters. The van der Waals surface area contributed by atoms with E-state index in [4.69, 9.17) is 28.5 Å². The molecule has 370 valence electrons. The number of benzene rings is 3. The number of esters is 3. The lowest BCUT2D eigenvalue weighted by Crippen LogP contribution is -3.00. The molecule has 20 heteroatoms. The maximum atomic E-state index is 12.8. The maximum absolute atomic E-state index is 12.8. The number of aromatic carboxylic acids is 1. The summed E-state index contributed by atoms with van der Waals surface area (Å²) in [6, 6.07) is 26.4. The Balaban J connectivity index is 0.000000456. The van der Waals surface area contributed by atoms with Crippen LogP contribution in [-0.2, 0) is 33.5 Å². The summed E-state index contributed by atoms with van der Waals surface area (Å²) in [7, 11) is 0.500. The van der Waals surface area contributed by atoms with E-state index >= 15 is 0 Å². The van der Waals surface area contributed by atoms with Crippen molar-refractivity contribution in [1.82, 2.24) is 19.9 Å². The smallest absolute Gasteiger partial charge is 0.354 e. The van der Waals surface area contributed by atoms with Gasteiger partial charge in [0.05, 0.1) is 27.0 Å². The zero-order valence-corrected chi connectivity index (χ0v) is 37.7. The van der Waals surface area contributed by atoms with Crippen LogP contribution in [0.15, 0.2) is 128 Å². The summed E-state index contributed by atoms with van der Waals surface area (Å²) < 4.78 is 78.1. The van der Waals surface area contributed by atoms with Gasteiger partial charge in [-0.2, -0.15) is 0 Å². The number of ketones is 1. The van der Waals surface area contributed by atoms with Gasteiger partial charge in [0, 0.05) is 45.9 Å². The van der Waals surface area contributed by atoms with E-state index in [1.807, 2.05) is 0 Å². The van der Waals surface area contributed by atoms with Crippen molar-refractivity contribution in [3.8, 4) is 0 Å². The molecule has 7 rings (SSSR count). The molecular weight excluding hydrogens is 922 g/mol. The molecule has 0 unspecified atom stereocenters. The number of hydrogen-bond acceptors (Lipinski definition) is 8. The van der Waals surface area contributed by atoms with Gasteiger partial charge in [0.1, 0.15) is 40.2 Å². The van der Waals surface area contributed by atoms with E-state index in [2.05, 4.69) is 19.9 Å². The van der Waals surface area contributed by atoms with E-state index in [1.165, 1.54) is 48.7 Å². The highest BCUT2D eigenvalue weighted by molar-refractivity contribution is 6.00. The number of carboxylic acid groups (broad SMARTS) is 1. The van der Waals surface area contributed by atoms with Gasteiger partial charge in [0.2, 0.25) is 0 Å². The molecule has 69 heavy (non-hydrogen) atoms. The normalized spacial score (nSPS) is 9.59. The number of H-pyrrole nitrogens is 4. The van der Waals surface area contributed by atoms with Crippen LogP contribution in [0.4, 0.5) is 26.7 Å². The molecule has 3 aromatic carbocycles. The van der Waals surface area contributed by atoms with Gasteiger partial charge in [-0.25, -0.2) is 32.3 Å². The summed E-state index contributed by atoms with van der Waals surface area (Å²) in [6.45, 7) is 6.29. The number of nitrogens with one attached hydrogen (secondary N) is 4. The van der Waals surface area contributed by atoms with E-state index in [0.29, 0.717) is 50.2 Å². The number of aromatic nitrogens is 4. The molecular formula is C49H50F7N4O9-. The van der Waals surface area contributed by atoms with Gasteiger partial charge in [0.15, 0.2) is 5.78 Å². The fraction of sp³-hybridized carbons (Fsp3) is 0.204. The Bertz CT molecular complexity index is 2560. The lowest BCUT2D eigenvalue weighted by Gasteiger charge is -1.99. The Morgan fingerprint density at radius 1 is 0.493 bits per heavy atom. The minimum Gasteiger partial charge on any atom is -1.00 e. The molecule has 0 radical (unpaired) electrons.